The number of carbonyl (C=O) groups excluding carboxylic acids is 6. The summed E-state index contributed by atoms with van der Waals surface area (Å²) in [7, 11) is 1.30. The second kappa shape index (κ2) is 23.6. The monoisotopic (exact) mass is 1090 g/mol. The Kier molecular flexibility index (Phi) is 15.5. The molecule has 4 aliphatic rings. The third-order valence-corrected chi connectivity index (χ3v) is 14.9. The zero-order valence-corrected chi connectivity index (χ0v) is 44.7. The lowest BCUT2D eigenvalue weighted by molar-refractivity contribution is -0.120. The van der Waals surface area contributed by atoms with E-state index in [-0.39, 0.29) is 35.0 Å². The van der Waals surface area contributed by atoms with Crippen molar-refractivity contribution in [2.45, 2.75) is 64.6 Å². The molecule has 0 aliphatic carbocycles. The Hall–Kier alpha value is -9.84. The van der Waals surface area contributed by atoms with Crippen LogP contribution in [-0.4, -0.2) is 88.4 Å². The first kappa shape index (κ1) is 53.2. The van der Waals surface area contributed by atoms with Gasteiger partial charge in [-0.3, -0.25) is 24.0 Å². The molecule has 8 aromatic rings. The van der Waals surface area contributed by atoms with Crippen LogP contribution in [0.2, 0.25) is 0 Å². The second-order valence-corrected chi connectivity index (χ2v) is 20.0. The zero-order valence-electron chi connectivity index (χ0n) is 44.7. The van der Waals surface area contributed by atoms with Crippen molar-refractivity contribution in [2.24, 2.45) is 5.73 Å². The number of hydrogen-bond donors (Lipinski definition) is 1. The van der Waals surface area contributed by atoms with Gasteiger partial charge in [0.1, 0.15) is 36.1 Å². The number of carbonyl (C=O) groups is 6. The number of fused-ring (bicyclic) bond motifs is 2. The van der Waals surface area contributed by atoms with Gasteiger partial charge in [-0.25, -0.2) is 14.2 Å². The molecule has 0 radical (unpaired) electrons. The van der Waals surface area contributed by atoms with E-state index in [2.05, 4.69) is 10.2 Å². The summed E-state index contributed by atoms with van der Waals surface area (Å²) in [6.07, 6.45) is 5.79. The second-order valence-electron chi connectivity index (χ2n) is 20.0. The van der Waals surface area contributed by atoms with Crippen LogP contribution in [0.3, 0.4) is 0 Å². The molecule has 410 valence electrons. The summed E-state index contributed by atoms with van der Waals surface area (Å²) in [6.45, 7) is 3.04. The summed E-state index contributed by atoms with van der Waals surface area (Å²) >= 11 is 0. The molecule has 0 spiro atoms. The third kappa shape index (κ3) is 11.3. The van der Waals surface area contributed by atoms with Gasteiger partial charge in [0.05, 0.1) is 18.5 Å². The van der Waals surface area contributed by atoms with Gasteiger partial charge in [-0.05, 0) is 147 Å². The highest BCUT2D eigenvalue weighted by Gasteiger charge is 2.37. The number of esters is 1. The maximum atomic E-state index is 13.9. The number of amides is 5. The van der Waals surface area contributed by atoms with Gasteiger partial charge in [-0.2, -0.15) is 10.2 Å². The van der Waals surface area contributed by atoms with Crippen LogP contribution in [0.1, 0.15) is 103 Å². The quantitative estimate of drug-likeness (QED) is 0.102. The number of ether oxygens (including phenoxy) is 3. The fourth-order valence-corrected chi connectivity index (χ4v) is 10.7. The van der Waals surface area contributed by atoms with E-state index in [4.69, 9.17) is 19.9 Å². The minimum absolute atomic E-state index is 0.103. The van der Waals surface area contributed by atoms with Crippen molar-refractivity contribution in [1.82, 2.24) is 19.6 Å². The van der Waals surface area contributed by atoms with Gasteiger partial charge in [0, 0.05) is 72.9 Å². The highest BCUT2D eigenvalue weighted by Crippen LogP contribution is 2.34. The van der Waals surface area contributed by atoms with Crippen LogP contribution in [0.25, 0.3) is 11.4 Å². The number of primary amides is 1. The molecule has 12 rings (SSSR count). The van der Waals surface area contributed by atoms with Crippen LogP contribution in [0.4, 0.5) is 22.7 Å². The summed E-state index contributed by atoms with van der Waals surface area (Å²) in [6, 6.07) is 49.2. The smallest absolute Gasteiger partial charge is 0.358 e. The van der Waals surface area contributed by atoms with Crippen molar-refractivity contribution in [3.63, 3.8) is 0 Å². The summed E-state index contributed by atoms with van der Waals surface area (Å²) in [4.78, 5) is 84.2. The molecule has 2 N–H and O–H groups in total. The molecule has 2 aromatic heterocycles. The molecular formula is C63H59N9O9. The Morgan fingerprint density at radius 1 is 0.444 bits per heavy atom. The van der Waals surface area contributed by atoms with Crippen molar-refractivity contribution in [1.29, 1.82) is 0 Å². The topological polar surface area (TPSA) is 205 Å². The SMILES string of the molecule is COC(=O)c1nn(-c2ccc(OCc3ccccc3)cc2)c2c1CCN(c1ccc(N3CCCCC3=O)cc1)C2=O.NC(=O)c1nn(-c2ccc(OCc3ccccc3)cc2)c2c1CCN(c1ccc(N3CCCCC3=O)cc1)C2=O. The zero-order chi connectivity index (χ0) is 56.0. The number of nitrogens with zero attached hydrogens (tertiary/aromatic N) is 8. The minimum atomic E-state index is -0.672. The Labute approximate surface area is 467 Å². The first-order valence-corrected chi connectivity index (χ1v) is 27.1. The molecule has 0 bridgehead atoms. The van der Waals surface area contributed by atoms with Crippen molar-refractivity contribution >= 4 is 58.3 Å². The molecule has 2 fully saturated rings. The molecule has 4 aliphatic heterocycles. The minimum Gasteiger partial charge on any atom is -0.489 e. The molecule has 2 saturated heterocycles. The summed E-state index contributed by atoms with van der Waals surface area (Å²) in [5.74, 6) is -0.201. The largest absolute Gasteiger partial charge is 0.489 e. The number of nitrogens with two attached hydrogens (primary N) is 1. The Morgan fingerprint density at radius 3 is 1.20 bits per heavy atom. The van der Waals surface area contributed by atoms with Gasteiger partial charge in [0.15, 0.2) is 11.4 Å². The predicted molar refractivity (Wildman–Crippen MR) is 305 cm³/mol. The lowest BCUT2D eigenvalue weighted by Gasteiger charge is -2.29. The number of rotatable bonds is 14. The maximum Gasteiger partial charge on any atom is 0.358 e. The Morgan fingerprint density at radius 2 is 0.815 bits per heavy atom. The molecule has 5 amide bonds. The van der Waals surface area contributed by atoms with Crippen molar-refractivity contribution < 1.29 is 43.0 Å². The van der Waals surface area contributed by atoms with Gasteiger partial charge >= 0.3 is 5.97 Å². The van der Waals surface area contributed by atoms with Gasteiger partial charge in [-0.15, -0.1) is 0 Å². The maximum absolute atomic E-state index is 13.9. The van der Waals surface area contributed by atoms with Gasteiger partial charge in [-0.1, -0.05) is 60.7 Å². The normalized spacial score (nSPS) is 15.1. The number of anilines is 4. The number of methoxy groups -OCH3 is 1. The summed E-state index contributed by atoms with van der Waals surface area (Å²) < 4.78 is 19.8. The molecule has 6 aromatic carbocycles. The predicted octanol–water partition coefficient (Wildman–Crippen LogP) is 9.23. The first-order valence-electron chi connectivity index (χ1n) is 27.1. The van der Waals surface area contributed by atoms with Gasteiger partial charge in [0.25, 0.3) is 17.7 Å². The average Bonchev–Trinajstić information content (AvgIpc) is 4.06. The van der Waals surface area contributed by atoms with Crippen LogP contribution >= 0.6 is 0 Å². The lowest BCUT2D eigenvalue weighted by Crippen LogP contribution is -2.39. The number of benzene rings is 6. The van der Waals surface area contributed by atoms with E-state index in [1.165, 1.54) is 16.5 Å². The van der Waals surface area contributed by atoms with Crippen LogP contribution in [-0.2, 0) is 40.4 Å². The van der Waals surface area contributed by atoms with E-state index in [1.807, 2.05) is 146 Å². The van der Waals surface area contributed by atoms with Crippen LogP contribution in [0.15, 0.2) is 158 Å². The molecular weight excluding hydrogens is 1030 g/mol. The standard InChI is InChI=1S/C32H30N4O5.C31H29N5O4/c1-40-32(39)29-27-18-20-35(24-12-10-23(11-13-24)34-19-6-5-9-28(34)37)31(38)30(27)36(33-29)25-14-16-26(17-15-25)41-21-22-7-3-2-4-8-22;32-30(38)28-26-17-19-35(23-11-9-22(10-12-23)34-18-5-4-8-27(34)37)31(39)29(26)36(33-28)24-13-15-25(16-14-24)40-20-21-6-2-1-3-7-21/h2-4,7-8,10-17H,5-6,9,18-21H2,1H3;1-3,6-7,9-16H,4-5,8,17-20H2,(H2,32,38). The molecule has 0 unspecified atom stereocenters. The Balaban J connectivity index is 0.000000170. The lowest BCUT2D eigenvalue weighted by atomic mass is 10.0. The highest BCUT2D eigenvalue weighted by atomic mass is 16.5. The van der Waals surface area contributed by atoms with Crippen molar-refractivity contribution in [3.05, 3.63) is 203 Å². The van der Waals surface area contributed by atoms with Crippen LogP contribution < -0.4 is 34.8 Å². The average molecular weight is 1090 g/mol. The van der Waals surface area contributed by atoms with Crippen molar-refractivity contribution in [2.75, 3.05) is 52.9 Å². The highest BCUT2D eigenvalue weighted by molar-refractivity contribution is 6.11. The van der Waals surface area contributed by atoms with Gasteiger partial charge < -0.3 is 39.5 Å². The Bertz CT molecular complexity index is 3620. The molecule has 6 heterocycles. The van der Waals surface area contributed by atoms with Crippen molar-refractivity contribution in [3.8, 4) is 22.9 Å². The third-order valence-electron chi connectivity index (χ3n) is 14.9. The van der Waals surface area contributed by atoms with E-state index >= 15 is 0 Å². The van der Waals surface area contributed by atoms with Gasteiger partial charge in [0.2, 0.25) is 11.8 Å². The van der Waals surface area contributed by atoms with E-state index in [9.17, 15) is 28.8 Å². The summed E-state index contributed by atoms with van der Waals surface area (Å²) in [5, 5.41) is 8.98. The van der Waals surface area contributed by atoms with E-state index < -0.39 is 11.9 Å². The fraction of sp³-hybridized carbons (Fsp3) is 0.238. The molecule has 18 heteroatoms. The van der Waals surface area contributed by atoms with Crippen LogP contribution in [0.5, 0.6) is 11.5 Å². The molecule has 81 heavy (non-hydrogen) atoms. The number of piperidine rings is 2. The number of hydrogen-bond acceptors (Lipinski definition) is 11. The van der Waals surface area contributed by atoms with E-state index in [1.54, 1.807) is 31.7 Å². The number of aromatic nitrogens is 4. The molecule has 0 saturated carbocycles. The fourth-order valence-electron chi connectivity index (χ4n) is 10.7. The summed E-state index contributed by atoms with van der Waals surface area (Å²) in [5.41, 5.74) is 14.1. The first-order chi connectivity index (χ1) is 39.5. The van der Waals surface area contributed by atoms with E-state index in [0.29, 0.717) is 122 Å². The molecule has 18 nitrogen and oxygen atoms in total. The van der Waals surface area contributed by atoms with E-state index in [0.717, 1.165) is 48.2 Å². The molecule has 0 atom stereocenters. The van der Waals surface area contributed by atoms with Crippen LogP contribution in [0, 0.1) is 0 Å².